The number of hydrogen-bond acceptors (Lipinski definition) is 4. The average molecular weight is 363 g/mol. The van der Waals surface area contributed by atoms with Crippen molar-refractivity contribution in [3.05, 3.63) is 99.1 Å². The molecule has 0 aliphatic carbocycles. The second kappa shape index (κ2) is 6.87. The van der Waals surface area contributed by atoms with Gasteiger partial charge in [-0.2, -0.15) is 0 Å². The van der Waals surface area contributed by atoms with Crippen LogP contribution in [-0.2, 0) is 6.54 Å². The fourth-order valence-electron chi connectivity index (χ4n) is 2.79. The van der Waals surface area contributed by atoms with Gasteiger partial charge in [-0.25, -0.2) is 14.2 Å². The van der Waals surface area contributed by atoms with Gasteiger partial charge in [0.15, 0.2) is 0 Å². The largest absolute Gasteiger partial charge is 0.439 e. The van der Waals surface area contributed by atoms with Crippen LogP contribution in [0.15, 0.2) is 76.4 Å². The Morgan fingerprint density at radius 3 is 2.74 bits per heavy atom. The third-order valence-corrected chi connectivity index (χ3v) is 4.08. The molecule has 0 radical (unpaired) electrons. The summed E-state index contributed by atoms with van der Waals surface area (Å²) in [5.41, 5.74) is 0.0602. The number of pyridine rings is 1. The van der Waals surface area contributed by atoms with E-state index in [-0.39, 0.29) is 18.2 Å². The van der Waals surface area contributed by atoms with Crippen LogP contribution in [0.5, 0.6) is 11.6 Å². The molecule has 4 rings (SSSR count). The number of halogens is 1. The van der Waals surface area contributed by atoms with Crippen molar-refractivity contribution in [3.8, 4) is 11.6 Å². The number of nitrogens with zero attached hydrogens (tertiary/aromatic N) is 2. The first-order valence-corrected chi connectivity index (χ1v) is 8.21. The summed E-state index contributed by atoms with van der Waals surface area (Å²) >= 11 is 0. The molecule has 0 atom stereocenters. The summed E-state index contributed by atoms with van der Waals surface area (Å²) in [7, 11) is 0. The highest BCUT2D eigenvalue weighted by Gasteiger charge is 2.12. The first-order chi connectivity index (χ1) is 13.1. The molecule has 0 fully saturated rings. The maximum Gasteiger partial charge on any atom is 0.329 e. The SMILES string of the molecule is O=c1[nH]c2ccccc2c(=O)n1Cc1cccnc1Oc1cccc(F)c1. The molecule has 27 heavy (non-hydrogen) atoms. The van der Waals surface area contributed by atoms with Crippen LogP contribution in [-0.4, -0.2) is 14.5 Å². The monoisotopic (exact) mass is 363 g/mol. The molecule has 0 unspecified atom stereocenters. The van der Waals surface area contributed by atoms with Crippen LogP contribution < -0.4 is 16.0 Å². The maximum absolute atomic E-state index is 13.4. The van der Waals surface area contributed by atoms with Crippen LogP contribution >= 0.6 is 0 Å². The number of hydrogen-bond donors (Lipinski definition) is 1. The molecule has 0 spiro atoms. The molecule has 2 aromatic heterocycles. The molecule has 2 aromatic carbocycles. The van der Waals surface area contributed by atoms with E-state index in [2.05, 4.69) is 9.97 Å². The quantitative estimate of drug-likeness (QED) is 0.605. The van der Waals surface area contributed by atoms with Gasteiger partial charge >= 0.3 is 5.69 Å². The lowest BCUT2D eigenvalue weighted by molar-refractivity contribution is 0.448. The zero-order chi connectivity index (χ0) is 18.8. The number of benzene rings is 2. The zero-order valence-electron chi connectivity index (χ0n) is 14.1. The van der Waals surface area contributed by atoms with Crippen LogP contribution in [0.25, 0.3) is 10.9 Å². The lowest BCUT2D eigenvalue weighted by Crippen LogP contribution is -2.35. The summed E-state index contributed by atoms with van der Waals surface area (Å²) in [4.78, 5) is 31.9. The average Bonchev–Trinajstić information content (AvgIpc) is 2.66. The van der Waals surface area contributed by atoms with Gasteiger partial charge in [0.1, 0.15) is 11.6 Å². The Morgan fingerprint density at radius 1 is 1.04 bits per heavy atom. The van der Waals surface area contributed by atoms with Crippen molar-refractivity contribution in [2.75, 3.05) is 0 Å². The molecule has 0 aliphatic rings. The molecule has 4 aromatic rings. The van der Waals surface area contributed by atoms with Gasteiger partial charge in [0.05, 0.1) is 17.4 Å². The number of rotatable bonds is 4. The number of H-pyrrole nitrogens is 1. The van der Waals surface area contributed by atoms with Crippen LogP contribution in [0, 0.1) is 5.82 Å². The second-order valence-electron chi connectivity index (χ2n) is 5.89. The van der Waals surface area contributed by atoms with Gasteiger partial charge in [-0.1, -0.05) is 24.3 Å². The van der Waals surface area contributed by atoms with Crippen molar-refractivity contribution in [1.82, 2.24) is 14.5 Å². The standard InChI is InChI=1S/C20H14FN3O3/c21-14-6-3-7-15(11-14)27-18-13(5-4-10-22-18)12-24-19(25)16-8-1-2-9-17(16)23-20(24)26/h1-11H,12H2,(H,23,26). The fourth-order valence-corrected chi connectivity index (χ4v) is 2.79. The third kappa shape index (κ3) is 3.35. The van der Waals surface area contributed by atoms with Crippen LogP contribution in [0.1, 0.15) is 5.56 Å². The Hall–Kier alpha value is -3.74. The predicted molar refractivity (Wildman–Crippen MR) is 98.6 cm³/mol. The summed E-state index contributed by atoms with van der Waals surface area (Å²) in [6.07, 6.45) is 1.52. The minimum atomic E-state index is -0.528. The molecule has 0 amide bonds. The highest BCUT2D eigenvalue weighted by atomic mass is 19.1. The summed E-state index contributed by atoms with van der Waals surface area (Å²) in [6, 6.07) is 15.8. The molecular weight excluding hydrogens is 349 g/mol. The van der Waals surface area contributed by atoms with Gasteiger partial charge in [0.25, 0.3) is 5.56 Å². The number of fused-ring (bicyclic) bond motifs is 1. The van der Waals surface area contributed by atoms with Gasteiger partial charge in [0.2, 0.25) is 5.88 Å². The highest BCUT2D eigenvalue weighted by Crippen LogP contribution is 2.23. The van der Waals surface area contributed by atoms with Gasteiger partial charge in [0, 0.05) is 17.8 Å². The van der Waals surface area contributed by atoms with E-state index < -0.39 is 17.1 Å². The summed E-state index contributed by atoms with van der Waals surface area (Å²) < 4.78 is 20.1. The molecule has 1 N–H and O–H groups in total. The molecule has 2 heterocycles. The minimum absolute atomic E-state index is 0.0303. The number of ether oxygens (including phenoxy) is 1. The van der Waals surface area contributed by atoms with Crippen LogP contribution in [0.4, 0.5) is 4.39 Å². The third-order valence-electron chi connectivity index (χ3n) is 4.08. The van der Waals surface area contributed by atoms with Crippen molar-refractivity contribution < 1.29 is 9.13 Å². The molecule has 6 nitrogen and oxygen atoms in total. The summed E-state index contributed by atoms with van der Waals surface area (Å²) in [5, 5.41) is 0.411. The lowest BCUT2D eigenvalue weighted by Gasteiger charge is -2.11. The molecule has 7 heteroatoms. The topological polar surface area (TPSA) is 77.0 Å². The lowest BCUT2D eigenvalue weighted by atomic mass is 10.2. The highest BCUT2D eigenvalue weighted by molar-refractivity contribution is 5.76. The molecular formula is C20H14FN3O3. The van der Waals surface area contributed by atoms with Crippen molar-refractivity contribution in [2.45, 2.75) is 6.54 Å². The fraction of sp³-hybridized carbons (Fsp3) is 0.0500. The molecule has 0 saturated carbocycles. The minimum Gasteiger partial charge on any atom is -0.439 e. The van der Waals surface area contributed by atoms with E-state index in [9.17, 15) is 14.0 Å². The van der Waals surface area contributed by atoms with Crippen LogP contribution in [0.2, 0.25) is 0 Å². The van der Waals surface area contributed by atoms with Gasteiger partial charge in [-0.3, -0.25) is 9.36 Å². The van der Waals surface area contributed by atoms with E-state index in [0.29, 0.717) is 16.5 Å². The second-order valence-corrected chi connectivity index (χ2v) is 5.89. The summed E-state index contributed by atoms with van der Waals surface area (Å²) in [5.74, 6) is 0.0319. The summed E-state index contributed by atoms with van der Waals surface area (Å²) in [6.45, 7) is -0.0303. The normalized spacial score (nSPS) is 10.9. The Kier molecular flexibility index (Phi) is 4.25. The van der Waals surface area contributed by atoms with E-state index >= 15 is 0 Å². The molecule has 0 bridgehead atoms. The van der Waals surface area contributed by atoms with Crippen molar-refractivity contribution in [1.29, 1.82) is 0 Å². The number of nitrogens with one attached hydrogen (secondary N) is 1. The maximum atomic E-state index is 13.4. The van der Waals surface area contributed by atoms with Crippen LogP contribution in [0.3, 0.4) is 0 Å². The van der Waals surface area contributed by atoms with Crippen molar-refractivity contribution in [3.63, 3.8) is 0 Å². The van der Waals surface area contributed by atoms with E-state index in [0.717, 1.165) is 4.57 Å². The Labute approximate surface area is 152 Å². The Balaban J connectivity index is 1.75. The Bertz CT molecular complexity index is 1250. The van der Waals surface area contributed by atoms with E-state index in [4.69, 9.17) is 4.74 Å². The van der Waals surface area contributed by atoms with Gasteiger partial charge in [-0.15, -0.1) is 0 Å². The number of aromatic amines is 1. The van der Waals surface area contributed by atoms with Crippen molar-refractivity contribution >= 4 is 10.9 Å². The van der Waals surface area contributed by atoms with E-state index in [1.807, 2.05) is 0 Å². The number of para-hydroxylation sites is 1. The number of aromatic nitrogens is 3. The first kappa shape index (κ1) is 16.7. The van der Waals surface area contributed by atoms with E-state index in [1.165, 1.54) is 24.4 Å². The smallest absolute Gasteiger partial charge is 0.329 e. The molecule has 0 saturated heterocycles. The Morgan fingerprint density at radius 2 is 1.89 bits per heavy atom. The van der Waals surface area contributed by atoms with Crippen molar-refractivity contribution in [2.24, 2.45) is 0 Å². The van der Waals surface area contributed by atoms with Gasteiger partial charge < -0.3 is 9.72 Å². The zero-order valence-corrected chi connectivity index (χ0v) is 14.1. The molecule has 134 valence electrons. The van der Waals surface area contributed by atoms with E-state index in [1.54, 1.807) is 42.5 Å². The first-order valence-electron chi connectivity index (χ1n) is 8.21. The van der Waals surface area contributed by atoms with Gasteiger partial charge in [-0.05, 0) is 30.3 Å². The predicted octanol–water partition coefficient (Wildman–Crippen LogP) is 3.06. The molecule has 0 aliphatic heterocycles.